The summed E-state index contributed by atoms with van der Waals surface area (Å²) < 4.78 is 5.04. The number of nitro benzene ring substituents is 1. The SMILES string of the molecule is COc1cc(C2CC(NC(=O)O)CCP2O)ccc1[N+](=O)[O-]. The van der Waals surface area contributed by atoms with Crippen LogP contribution in [0.4, 0.5) is 10.5 Å². The van der Waals surface area contributed by atoms with E-state index in [-0.39, 0.29) is 23.1 Å². The van der Waals surface area contributed by atoms with E-state index in [2.05, 4.69) is 5.32 Å². The van der Waals surface area contributed by atoms with Crippen LogP contribution in [0.15, 0.2) is 18.2 Å². The number of carboxylic acid groups (broad SMARTS) is 1. The van der Waals surface area contributed by atoms with E-state index < -0.39 is 19.2 Å². The van der Waals surface area contributed by atoms with E-state index in [1.165, 1.54) is 13.2 Å². The molecule has 1 aromatic carbocycles. The number of benzene rings is 1. The van der Waals surface area contributed by atoms with Gasteiger partial charge >= 0.3 is 11.8 Å². The summed E-state index contributed by atoms with van der Waals surface area (Å²) in [6.07, 6.45) is 0.503. The van der Waals surface area contributed by atoms with E-state index in [1.54, 1.807) is 12.1 Å². The maximum atomic E-state index is 10.9. The third-order valence-corrected chi connectivity index (χ3v) is 5.63. The van der Waals surface area contributed by atoms with Gasteiger partial charge in [-0.3, -0.25) is 10.1 Å². The second-order valence-electron chi connectivity index (χ2n) is 5.04. The predicted molar refractivity (Wildman–Crippen MR) is 80.6 cm³/mol. The highest BCUT2D eigenvalue weighted by atomic mass is 31.1. The van der Waals surface area contributed by atoms with Crippen LogP contribution < -0.4 is 10.1 Å². The van der Waals surface area contributed by atoms with Crippen LogP contribution in [0.25, 0.3) is 0 Å². The van der Waals surface area contributed by atoms with Crippen molar-refractivity contribution >= 4 is 19.9 Å². The number of carbonyl (C=O) groups is 1. The minimum Gasteiger partial charge on any atom is -0.490 e. The number of rotatable bonds is 4. The third-order valence-electron chi connectivity index (χ3n) is 3.69. The van der Waals surface area contributed by atoms with Gasteiger partial charge in [-0.2, -0.15) is 0 Å². The second-order valence-corrected chi connectivity index (χ2v) is 6.99. The van der Waals surface area contributed by atoms with Gasteiger partial charge in [-0.05, 0) is 30.6 Å². The number of nitrogens with one attached hydrogen (secondary N) is 1. The topological polar surface area (TPSA) is 122 Å². The number of amides is 1. The first-order chi connectivity index (χ1) is 10.4. The Morgan fingerprint density at radius 3 is 2.86 bits per heavy atom. The molecule has 120 valence electrons. The number of ether oxygens (including phenoxy) is 1. The number of nitro groups is 1. The van der Waals surface area contributed by atoms with Crippen LogP contribution in [-0.2, 0) is 0 Å². The Hall–Kier alpha value is -1.92. The zero-order valence-corrected chi connectivity index (χ0v) is 12.8. The fourth-order valence-corrected chi connectivity index (χ4v) is 4.51. The van der Waals surface area contributed by atoms with E-state index in [4.69, 9.17) is 9.84 Å². The van der Waals surface area contributed by atoms with Gasteiger partial charge in [-0.1, -0.05) is 6.07 Å². The molecule has 0 aliphatic carbocycles. The molecule has 22 heavy (non-hydrogen) atoms. The first-order valence-electron chi connectivity index (χ1n) is 6.69. The fraction of sp³-hybridized carbons (Fsp3) is 0.462. The largest absolute Gasteiger partial charge is 0.490 e. The van der Waals surface area contributed by atoms with Gasteiger partial charge in [0.15, 0.2) is 5.75 Å². The van der Waals surface area contributed by atoms with Gasteiger partial charge in [-0.15, -0.1) is 0 Å². The summed E-state index contributed by atoms with van der Waals surface area (Å²) in [6, 6.07) is 4.28. The monoisotopic (exact) mass is 328 g/mol. The summed E-state index contributed by atoms with van der Waals surface area (Å²) in [5.74, 6) is 0.138. The van der Waals surface area contributed by atoms with Gasteiger partial charge in [-0.25, -0.2) is 4.79 Å². The maximum Gasteiger partial charge on any atom is 0.404 e. The highest BCUT2D eigenvalue weighted by Gasteiger charge is 2.32. The van der Waals surface area contributed by atoms with Crippen LogP contribution in [0.3, 0.4) is 0 Å². The lowest BCUT2D eigenvalue weighted by molar-refractivity contribution is -0.385. The lowest BCUT2D eigenvalue weighted by atomic mass is 10.0. The summed E-state index contributed by atoms with van der Waals surface area (Å²) in [5, 5.41) is 22.2. The Morgan fingerprint density at radius 2 is 2.27 bits per heavy atom. The van der Waals surface area contributed by atoms with Crippen LogP contribution in [0.5, 0.6) is 5.75 Å². The zero-order valence-electron chi connectivity index (χ0n) is 11.9. The fourth-order valence-electron chi connectivity index (χ4n) is 2.62. The van der Waals surface area contributed by atoms with Crippen molar-refractivity contribution in [3.63, 3.8) is 0 Å². The lowest BCUT2D eigenvalue weighted by Gasteiger charge is -2.33. The van der Waals surface area contributed by atoms with Gasteiger partial charge in [0, 0.05) is 25.9 Å². The highest BCUT2D eigenvalue weighted by Crippen LogP contribution is 2.54. The molecular weight excluding hydrogens is 311 g/mol. The van der Waals surface area contributed by atoms with Gasteiger partial charge < -0.3 is 20.1 Å². The number of nitrogens with zero attached hydrogens (tertiary/aromatic N) is 1. The number of methoxy groups -OCH3 is 1. The highest BCUT2D eigenvalue weighted by molar-refractivity contribution is 7.52. The van der Waals surface area contributed by atoms with Crippen LogP contribution >= 0.6 is 8.15 Å². The summed E-state index contributed by atoms with van der Waals surface area (Å²) in [5.41, 5.74) is 0.368. The van der Waals surface area contributed by atoms with Crippen LogP contribution in [0.2, 0.25) is 0 Å². The molecule has 2 rings (SSSR count). The van der Waals surface area contributed by atoms with Gasteiger partial charge in [0.2, 0.25) is 0 Å². The summed E-state index contributed by atoms with van der Waals surface area (Å²) in [4.78, 5) is 31.4. The molecule has 3 unspecified atom stereocenters. The van der Waals surface area contributed by atoms with Crippen molar-refractivity contribution in [1.29, 1.82) is 0 Å². The van der Waals surface area contributed by atoms with Gasteiger partial charge in [0.1, 0.15) is 0 Å². The first-order valence-corrected chi connectivity index (χ1v) is 8.24. The molecule has 1 aromatic rings. The van der Waals surface area contributed by atoms with Crippen LogP contribution in [0.1, 0.15) is 24.1 Å². The van der Waals surface area contributed by atoms with Crippen molar-refractivity contribution in [3.05, 3.63) is 33.9 Å². The molecule has 9 heteroatoms. The molecule has 0 radical (unpaired) electrons. The minimum absolute atomic E-state index is 0.135. The molecular formula is C13H17N2O6P. The zero-order chi connectivity index (χ0) is 16.3. The number of hydrogen-bond donors (Lipinski definition) is 3. The van der Waals surface area contributed by atoms with Crippen molar-refractivity contribution in [3.8, 4) is 5.75 Å². The lowest BCUT2D eigenvalue weighted by Crippen LogP contribution is -2.37. The van der Waals surface area contributed by atoms with E-state index in [0.29, 0.717) is 19.0 Å². The molecule has 1 saturated heterocycles. The maximum absolute atomic E-state index is 10.9. The van der Waals surface area contributed by atoms with E-state index in [1.807, 2.05) is 0 Å². The van der Waals surface area contributed by atoms with Crippen LogP contribution in [0, 0.1) is 10.1 Å². The molecule has 0 saturated carbocycles. The Balaban J connectivity index is 2.25. The van der Waals surface area contributed by atoms with Crippen molar-refractivity contribution in [2.24, 2.45) is 0 Å². The Bertz CT molecular complexity index is 582. The molecule has 1 aliphatic rings. The molecule has 0 bridgehead atoms. The van der Waals surface area contributed by atoms with Crippen LogP contribution in [-0.4, -0.2) is 40.3 Å². The van der Waals surface area contributed by atoms with Gasteiger partial charge in [0.25, 0.3) is 0 Å². The predicted octanol–water partition coefficient (Wildman–Crippen LogP) is 2.46. The van der Waals surface area contributed by atoms with Crippen molar-refractivity contribution in [2.45, 2.75) is 24.5 Å². The molecule has 3 N–H and O–H groups in total. The van der Waals surface area contributed by atoms with Crippen molar-refractivity contribution in [2.75, 3.05) is 13.3 Å². The first kappa shape index (κ1) is 16.5. The van der Waals surface area contributed by atoms with E-state index >= 15 is 0 Å². The average Bonchev–Trinajstić information content (AvgIpc) is 2.48. The Labute approximate surface area is 128 Å². The quantitative estimate of drug-likeness (QED) is 0.443. The minimum atomic E-state index is -1.28. The molecule has 3 atom stereocenters. The average molecular weight is 328 g/mol. The third kappa shape index (κ3) is 3.64. The summed E-state index contributed by atoms with van der Waals surface area (Å²) in [6.45, 7) is 0. The summed E-state index contributed by atoms with van der Waals surface area (Å²) in [7, 11) is 0.0671. The number of hydrogen-bond acceptors (Lipinski definition) is 5. The molecule has 1 heterocycles. The smallest absolute Gasteiger partial charge is 0.404 e. The molecule has 8 nitrogen and oxygen atoms in total. The molecule has 1 fully saturated rings. The molecule has 0 spiro atoms. The summed E-state index contributed by atoms with van der Waals surface area (Å²) >= 11 is 0. The van der Waals surface area contributed by atoms with Crippen molar-refractivity contribution in [1.82, 2.24) is 5.32 Å². The molecule has 1 aliphatic heterocycles. The van der Waals surface area contributed by atoms with Crippen molar-refractivity contribution < 1.29 is 24.5 Å². The Morgan fingerprint density at radius 1 is 1.55 bits per heavy atom. The molecule has 0 aromatic heterocycles. The standard InChI is InChI=1S/C13H17N2O6P/c1-21-11-6-8(2-3-10(11)15(18)19)12-7-9(14-13(16)17)4-5-22(12)20/h2-3,6,9,12,14,20H,4-5,7H2,1H3,(H,16,17). The molecule has 1 amide bonds. The van der Waals surface area contributed by atoms with Gasteiger partial charge in [0.05, 0.1) is 12.0 Å². The van der Waals surface area contributed by atoms with E-state index in [9.17, 15) is 19.8 Å². The normalized spacial score (nSPS) is 24.5. The Kier molecular flexibility index (Phi) is 5.15. The second kappa shape index (κ2) is 6.89. The van der Waals surface area contributed by atoms with E-state index in [0.717, 1.165) is 5.56 Å².